The van der Waals surface area contributed by atoms with E-state index < -0.39 is 0 Å². The average Bonchev–Trinajstić information content (AvgIpc) is 2.83. The zero-order valence-corrected chi connectivity index (χ0v) is 13.8. The second-order valence-corrected chi connectivity index (χ2v) is 6.79. The van der Waals surface area contributed by atoms with E-state index in [9.17, 15) is 0 Å². The third kappa shape index (κ3) is 2.67. The fourth-order valence-electron chi connectivity index (χ4n) is 3.05. The van der Waals surface area contributed by atoms with Crippen LogP contribution in [-0.4, -0.2) is 18.8 Å². The summed E-state index contributed by atoms with van der Waals surface area (Å²) in [6.07, 6.45) is 0.661. The van der Waals surface area contributed by atoms with E-state index in [4.69, 9.17) is 4.74 Å². The minimum absolute atomic E-state index is 0.311. The minimum atomic E-state index is 0.311. The molecule has 0 radical (unpaired) electrons. The van der Waals surface area contributed by atoms with Gasteiger partial charge in [-0.15, -0.1) is 0 Å². The maximum Gasteiger partial charge on any atom is 0.0600 e. The Morgan fingerprint density at radius 1 is 1.33 bits per heavy atom. The van der Waals surface area contributed by atoms with Crippen LogP contribution < -0.4 is 5.32 Å². The van der Waals surface area contributed by atoms with Crippen molar-refractivity contribution in [1.29, 1.82) is 0 Å². The summed E-state index contributed by atoms with van der Waals surface area (Å²) in [7, 11) is 0. The first-order valence-electron chi connectivity index (χ1n) is 6.66. The Balaban J connectivity index is 2.28. The molecule has 102 valence electrons. The molecule has 2 rings (SSSR count). The van der Waals surface area contributed by atoms with Gasteiger partial charge in [-0.05, 0) is 53.2 Å². The van der Waals surface area contributed by atoms with Gasteiger partial charge in [0.2, 0.25) is 0 Å². The van der Waals surface area contributed by atoms with E-state index in [1.807, 2.05) is 0 Å². The lowest BCUT2D eigenvalue weighted by Crippen LogP contribution is -2.34. The predicted molar refractivity (Wildman–Crippen MR) is 81.1 cm³/mol. The number of halogens is 1. The highest BCUT2D eigenvalue weighted by Gasteiger charge is 2.42. The van der Waals surface area contributed by atoms with Crippen LogP contribution in [0.25, 0.3) is 0 Å². The van der Waals surface area contributed by atoms with Crippen molar-refractivity contribution < 1.29 is 4.74 Å². The summed E-state index contributed by atoms with van der Waals surface area (Å²) in [5, 5.41) is 8.06. The fourth-order valence-corrected chi connectivity index (χ4v) is 4.63. The molecule has 18 heavy (non-hydrogen) atoms. The Bertz CT molecular complexity index is 395. The summed E-state index contributed by atoms with van der Waals surface area (Å²) in [5.74, 6) is 1.11. The van der Waals surface area contributed by atoms with Gasteiger partial charge in [-0.25, -0.2) is 0 Å². The van der Waals surface area contributed by atoms with Gasteiger partial charge in [0.1, 0.15) is 0 Å². The van der Waals surface area contributed by atoms with E-state index in [1.165, 1.54) is 10.0 Å². The van der Waals surface area contributed by atoms with Gasteiger partial charge in [-0.1, -0.05) is 13.8 Å². The van der Waals surface area contributed by atoms with E-state index in [-0.39, 0.29) is 0 Å². The third-order valence-corrected chi connectivity index (χ3v) is 5.86. The maximum absolute atomic E-state index is 6.00. The van der Waals surface area contributed by atoms with Gasteiger partial charge in [0.15, 0.2) is 0 Å². The van der Waals surface area contributed by atoms with Crippen molar-refractivity contribution in [2.45, 2.75) is 45.9 Å². The van der Waals surface area contributed by atoms with Crippen LogP contribution in [0.5, 0.6) is 0 Å². The van der Waals surface area contributed by atoms with Gasteiger partial charge in [0.25, 0.3) is 0 Å². The molecule has 2 heterocycles. The summed E-state index contributed by atoms with van der Waals surface area (Å²) in [6, 6.07) is 0.380. The van der Waals surface area contributed by atoms with Crippen molar-refractivity contribution in [3.8, 4) is 0 Å². The summed E-state index contributed by atoms with van der Waals surface area (Å²) >= 11 is 5.42. The lowest BCUT2D eigenvalue weighted by Gasteiger charge is -2.29. The molecule has 0 spiro atoms. The Kier molecular flexibility index (Phi) is 4.86. The van der Waals surface area contributed by atoms with Gasteiger partial charge in [-0.2, -0.15) is 11.3 Å². The maximum atomic E-state index is 6.00. The molecule has 5 atom stereocenters. The number of hydrogen-bond donors (Lipinski definition) is 1. The molecule has 1 saturated heterocycles. The van der Waals surface area contributed by atoms with Crippen LogP contribution in [0.3, 0.4) is 0 Å². The normalized spacial score (nSPS) is 33.8. The molecule has 1 aromatic heterocycles. The molecule has 1 N–H and O–H groups in total. The Labute approximate surface area is 122 Å². The number of hydrogen-bond acceptors (Lipinski definition) is 3. The molecule has 1 aromatic rings. The zero-order valence-electron chi connectivity index (χ0n) is 11.4. The molecule has 0 bridgehead atoms. The van der Waals surface area contributed by atoms with Crippen LogP contribution in [0.1, 0.15) is 39.3 Å². The lowest BCUT2D eigenvalue weighted by molar-refractivity contribution is 0.0475. The van der Waals surface area contributed by atoms with Gasteiger partial charge >= 0.3 is 0 Å². The Morgan fingerprint density at radius 2 is 2.06 bits per heavy atom. The van der Waals surface area contributed by atoms with Crippen LogP contribution in [0.4, 0.5) is 0 Å². The van der Waals surface area contributed by atoms with Crippen molar-refractivity contribution in [3.63, 3.8) is 0 Å². The molecule has 1 fully saturated rings. The summed E-state index contributed by atoms with van der Waals surface area (Å²) in [5.41, 5.74) is 1.38. The molecule has 0 aromatic carbocycles. The van der Waals surface area contributed by atoms with Gasteiger partial charge < -0.3 is 10.1 Å². The number of thiophene rings is 1. The summed E-state index contributed by atoms with van der Waals surface area (Å²) < 4.78 is 7.22. The smallest absolute Gasteiger partial charge is 0.0600 e. The van der Waals surface area contributed by atoms with Crippen molar-refractivity contribution in [2.24, 2.45) is 11.8 Å². The molecule has 2 nitrogen and oxygen atoms in total. The summed E-state index contributed by atoms with van der Waals surface area (Å²) in [6.45, 7) is 9.85. The molecule has 0 saturated carbocycles. The van der Waals surface area contributed by atoms with E-state index >= 15 is 0 Å². The summed E-state index contributed by atoms with van der Waals surface area (Å²) in [4.78, 5) is 0. The average molecular weight is 332 g/mol. The molecule has 1 aliphatic heterocycles. The standard InChI is InChI=1S/C14H22BrNOS/c1-5-16-14(11-6-18-7-12(11)15)13-8(2)9(3)17-10(13)4/h6-10,13-14,16H,5H2,1-4H3. The Hall–Kier alpha value is 0.1000. The first-order valence-corrected chi connectivity index (χ1v) is 8.40. The van der Waals surface area contributed by atoms with Gasteiger partial charge in [-0.3, -0.25) is 0 Å². The van der Waals surface area contributed by atoms with E-state index in [1.54, 1.807) is 11.3 Å². The largest absolute Gasteiger partial charge is 0.375 e. The number of ether oxygens (including phenoxy) is 1. The minimum Gasteiger partial charge on any atom is -0.375 e. The van der Waals surface area contributed by atoms with E-state index in [0.29, 0.717) is 30.1 Å². The predicted octanol–water partition coefficient (Wildman–Crippen LogP) is 4.22. The van der Waals surface area contributed by atoms with Crippen molar-refractivity contribution >= 4 is 27.3 Å². The molecule has 4 heteroatoms. The number of nitrogens with one attached hydrogen (secondary N) is 1. The highest BCUT2D eigenvalue weighted by molar-refractivity contribution is 9.10. The van der Waals surface area contributed by atoms with Crippen LogP contribution >= 0.6 is 27.3 Å². The molecule has 1 aliphatic rings. The topological polar surface area (TPSA) is 21.3 Å². The molecule has 0 aliphatic carbocycles. The monoisotopic (exact) mass is 331 g/mol. The molecular weight excluding hydrogens is 310 g/mol. The van der Waals surface area contributed by atoms with E-state index in [2.05, 4.69) is 59.7 Å². The van der Waals surface area contributed by atoms with Crippen molar-refractivity contribution in [1.82, 2.24) is 5.32 Å². The highest BCUT2D eigenvalue weighted by atomic mass is 79.9. The number of rotatable bonds is 4. The SMILES string of the molecule is CCNC(c1cscc1Br)C1C(C)OC(C)C1C. The molecular formula is C14H22BrNOS. The van der Waals surface area contributed by atoms with Gasteiger partial charge in [0.05, 0.1) is 12.2 Å². The zero-order chi connectivity index (χ0) is 13.3. The van der Waals surface area contributed by atoms with Crippen LogP contribution in [0.2, 0.25) is 0 Å². The lowest BCUT2D eigenvalue weighted by atomic mass is 9.81. The molecule has 5 unspecified atom stereocenters. The third-order valence-electron chi connectivity index (χ3n) is 4.11. The second kappa shape index (κ2) is 6.04. The first kappa shape index (κ1) is 14.5. The highest BCUT2D eigenvalue weighted by Crippen LogP contribution is 2.43. The van der Waals surface area contributed by atoms with Crippen LogP contribution in [0, 0.1) is 11.8 Å². The Morgan fingerprint density at radius 3 is 2.50 bits per heavy atom. The van der Waals surface area contributed by atoms with Crippen LogP contribution in [-0.2, 0) is 4.74 Å². The first-order chi connectivity index (χ1) is 8.56. The van der Waals surface area contributed by atoms with E-state index in [0.717, 1.165) is 6.54 Å². The van der Waals surface area contributed by atoms with Crippen LogP contribution in [0.15, 0.2) is 15.2 Å². The second-order valence-electron chi connectivity index (χ2n) is 5.19. The molecule has 0 amide bonds. The van der Waals surface area contributed by atoms with Gasteiger partial charge in [0, 0.05) is 21.8 Å². The quantitative estimate of drug-likeness (QED) is 0.891. The fraction of sp³-hybridized carbons (Fsp3) is 0.714. The van der Waals surface area contributed by atoms with Crippen molar-refractivity contribution in [3.05, 3.63) is 20.8 Å². The van der Waals surface area contributed by atoms with Crippen molar-refractivity contribution in [2.75, 3.05) is 6.54 Å².